The van der Waals surface area contributed by atoms with Gasteiger partial charge in [-0.15, -0.1) is 0 Å². The molecule has 0 spiro atoms. The van der Waals surface area contributed by atoms with E-state index in [2.05, 4.69) is 200 Å². The van der Waals surface area contributed by atoms with Gasteiger partial charge in [0.05, 0.1) is 5.41 Å². The van der Waals surface area contributed by atoms with Gasteiger partial charge >= 0.3 is 0 Å². The SMILES string of the molecule is c1ccc(C2(c3ccccc3)c3ccccc3-c3c2cc2cc(-c4cc5ccc6cccc7ccc(c4)c5c67)ccc2c3-c2ccc3oc4ccccc4c3c2)cc1. The van der Waals surface area contributed by atoms with Gasteiger partial charge in [-0.05, 0) is 141 Å². The highest BCUT2D eigenvalue weighted by Gasteiger charge is 2.47. The Morgan fingerprint density at radius 1 is 0.310 bits per heavy atom. The Morgan fingerprint density at radius 3 is 1.67 bits per heavy atom. The van der Waals surface area contributed by atoms with Crippen LogP contribution in [0.3, 0.4) is 0 Å². The van der Waals surface area contributed by atoms with Crippen molar-refractivity contribution in [3.05, 3.63) is 229 Å². The van der Waals surface area contributed by atoms with E-state index in [1.807, 2.05) is 6.07 Å². The third-order valence-corrected chi connectivity index (χ3v) is 13.0. The van der Waals surface area contributed by atoms with Gasteiger partial charge in [0.15, 0.2) is 0 Å². The molecule has 58 heavy (non-hydrogen) atoms. The first kappa shape index (κ1) is 31.7. The van der Waals surface area contributed by atoms with Crippen molar-refractivity contribution in [1.29, 1.82) is 0 Å². The van der Waals surface area contributed by atoms with Crippen LogP contribution in [0, 0.1) is 0 Å². The lowest BCUT2D eigenvalue weighted by atomic mass is 9.67. The van der Waals surface area contributed by atoms with Crippen LogP contribution in [-0.2, 0) is 5.41 Å². The normalized spacial score (nSPS) is 13.3. The topological polar surface area (TPSA) is 13.1 Å². The summed E-state index contributed by atoms with van der Waals surface area (Å²) >= 11 is 0. The first-order valence-corrected chi connectivity index (χ1v) is 20.2. The van der Waals surface area contributed by atoms with Crippen molar-refractivity contribution in [2.45, 2.75) is 5.41 Å². The molecule has 1 aromatic heterocycles. The van der Waals surface area contributed by atoms with Crippen LogP contribution in [0.1, 0.15) is 22.3 Å². The maximum Gasteiger partial charge on any atom is 0.135 e. The Labute approximate surface area is 335 Å². The first-order chi connectivity index (χ1) is 28.7. The number of rotatable bonds is 4. The third-order valence-electron chi connectivity index (χ3n) is 13.0. The molecule has 0 radical (unpaired) electrons. The fraction of sp³-hybridized carbons (Fsp3) is 0.0175. The summed E-state index contributed by atoms with van der Waals surface area (Å²) in [6.45, 7) is 0. The van der Waals surface area contributed by atoms with Crippen molar-refractivity contribution < 1.29 is 4.42 Å². The highest BCUT2D eigenvalue weighted by Crippen LogP contribution is 2.60. The van der Waals surface area contributed by atoms with Crippen LogP contribution in [0.2, 0.25) is 0 Å². The number of fused-ring (bicyclic) bond motifs is 7. The zero-order chi connectivity index (χ0) is 38.0. The van der Waals surface area contributed by atoms with Crippen LogP contribution in [0.25, 0.3) is 98.4 Å². The first-order valence-electron chi connectivity index (χ1n) is 20.2. The fourth-order valence-corrected chi connectivity index (χ4v) is 10.6. The molecular weight excluding hydrogens is 701 g/mol. The Bertz CT molecular complexity index is 3510. The molecule has 1 heteroatoms. The van der Waals surface area contributed by atoms with Crippen molar-refractivity contribution in [2.24, 2.45) is 0 Å². The van der Waals surface area contributed by atoms with Gasteiger partial charge in [0, 0.05) is 10.8 Å². The molecule has 1 heterocycles. The maximum absolute atomic E-state index is 6.36. The molecule has 0 amide bonds. The fourth-order valence-electron chi connectivity index (χ4n) is 10.6. The highest BCUT2D eigenvalue weighted by molar-refractivity contribution is 6.24. The Balaban J connectivity index is 1.15. The molecular formula is C57H34O. The van der Waals surface area contributed by atoms with E-state index < -0.39 is 5.41 Å². The molecule has 12 aromatic rings. The average Bonchev–Trinajstić information content (AvgIpc) is 3.81. The monoisotopic (exact) mass is 734 g/mol. The van der Waals surface area contributed by atoms with Crippen molar-refractivity contribution in [2.75, 3.05) is 0 Å². The van der Waals surface area contributed by atoms with Gasteiger partial charge in [-0.1, -0.05) is 164 Å². The van der Waals surface area contributed by atoms with Gasteiger partial charge in [-0.3, -0.25) is 0 Å². The zero-order valence-corrected chi connectivity index (χ0v) is 31.5. The Morgan fingerprint density at radius 2 is 0.914 bits per heavy atom. The summed E-state index contributed by atoms with van der Waals surface area (Å²) in [7, 11) is 0. The van der Waals surface area contributed by atoms with E-state index in [4.69, 9.17) is 4.42 Å². The average molecular weight is 735 g/mol. The lowest BCUT2D eigenvalue weighted by Crippen LogP contribution is -2.28. The molecule has 0 aliphatic heterocycles. The lowest BCUT2D eigenvalue weighted by molar-refractivity contribution is 0.669. The Hall–Kier alpha value is -7.48. The zero-order valence-electron chi connectivity index (χ0n) is 31.5. The van der Waals surface area contributed by atoms with Crippen LogP contribution >= 0.6 is 0 Å². The summed E-state index contributed by atoms with van der Waals surface area (Å²) in [4.78, 5) is 0. The predicted molar refractivity (Wildman–Crippen MR) is 243 cm³/mol. The van der Waals surface area contributed by atoms with E-state index in [9.17, 15) is 0 Å². The minimum Gasteiger partial charge on any atom is -0.456 e. The second kappa shape index (κ2) is 11.8. The quantitative estimate of drug-likeness (QED) is 0.164. The molecule has 0 atom stereocenters. The predicted octanol–water partition coefficient (Wildman–Crippen LogP) is 15.3. The number of para-hydroxylation sites is 1. The second-order valence-corrected chi connectivity index (χ2v) is 16.0. The van der Waals surface area contributed by atoms with Gasteiger partial charge < -0.3 is 4.42 Å². The van der Waals surface area contributed by atoms with Crippen LogP contribution in [-0.4, -0.2) is 0 Å². The van der Waals surface area contributed by atoms with Gasteiger partial charge in [0.25, 0.3) is 0 Å². The molecule has 0 unspecified atom stereocenters. The van der Waals surface area contributed by atoms with Crippen molar-refractivity contribution >= 4 is 65.0 Å². The standard InChI is InChI=1S/C57H34O/c1-3-14-43(15-4-1)57(44-16-5-2-6-17-44)49-20-9-7-19-47(49)56-50(57)34-42-30-37(41-31-38-24-22-35-12-11-13-36-23-25-39(32-41)54(38)53(35)36)26-28-45(42)55(56)40-27-29-52-48(33-40)46-18-8-10-21-51(46)58-52/h1-34H. The van der Waals surface area contributed by atoms with Crippen molar-refractivity contribution in [1.82, 2.24) is 0 Å². The molecule has 1 aliphatic carbocycles. The molecule has 1 aliphatic rings. The molecule has 13 rings (SSSR count). The largest absolute Gasteiger partial charge is 0.456 e. The van der Waals surface area contributed by atoms with E-state index in [1.165, 1.54) is 98.7 Å². The third kappa shape index (κ3) is 4.25. The van der Waals surface area contributed by atoms with E-state index in [1.54, 1.807) is 0 Å². The molecule has 1 nitrogen and oxygen atoms in total. The number of benzene rings is 11. The van der Waals surface area contributed by atoms with Crippen LogP contribution in [0.4, 0.5) is 0 Å². The van der Waals surface area contributed by atoms with Crippen LogP contribution in [0.15, 0.2) is 211 Å². The summed E-state index contributed by atoms with van der Waals surface area (Å²) < 4.78 is 6.36. The van der Waals surface area contributed by atoms with E-state index in [0.29, 0.717) is 0 Å². The summed E-state index contributed by atoms with van der Waals surface area (Å²) in [6.07, 6.45) is 0. The summed E-state index contributed by atoms with van der Waals surface area (Å²) in [5.74, 6) is 0. The molecule has 11 aromatic carbocycles. The van der Waals surface area contributed by atoms with Crippen molar-refractivity contribution in [3.63, 3.8) is 0 Å². The molecule has 0 N–H and O–H groups in total. The Kier molecular flexibility index (Phi) is 6.43. The van der Waals surface area contributed by atoms with E-state index in [0.717, 1.165) is 21.9 Å². The maximum atomic E-state index is 6.36. The second-order valence-electron chi connectivity index (χ2n) is 16.0. The number of hydrogen-bond acceptors (Lipinski definition) is 1. The van der Waals surface area contributed by atoms with Gasteiger partial charge in [0.2, 0.25) is 0 Å². The summed E-state index contributed by atoms with van der Waals surface area (Å²) in [5, 5.41) is 12.5. The van der Waals surface area contributed by atoms with E-state index >= 15 is 0 Å². The molecule has 0 bridgehead atoms. The van der Waals surface area contributed by atoms with Crippen molar-refractivity contribution in [3.8, 4) is 33.4 Å². The number of furan rings is 1. The minimum atomic E-state index is -0.531. The van der Waals surface area contributed by atoms with Gasteiger partial charge in [-0.2, -0.15) is 0 Å². The van der Waals surface area contributed by atoms with Crippen LogP contribution in [0.5, 0.6) is 0 Å². The molecule has 0 fully saturated rings. The van der Waals surface area contributed by atoms with Gasteiger partial charge in [-0.25, -0.2) is 0 Å². The van der Waals surface area contributed by atoms with Crippen LogP contribution < -0.4 is 0 Å². The summed E-state index contributed by atoms with van der Waals surface area (Å²) in [5.41, 5.74) is 13.8. The molecule has 0 saturated heterocycles. The minimum absolute atomic E-state index is 0.531. The lowest BCUT2D eigenvalue weighted by Gasteiger charge is -2.34. The highest BCUT2D eigenvalue weighted by atomic mass is 16.3. The smallest absolute Gasteiger partial charge is 0.135 e. The molecule has 0 saturated carbocycles. The van der Waals surface area contributed by atoms with Gasteiger partial charge in [0.1, 0.15) is 11.2 Å². The van der Waals surface area contributed by atoms with E-state index in [-0.39, 0.29) is 0 Å². The molecule has 268 valence electrons. The summed E-state index contributed by atoms with van der Waals surface area (Å²) in [6, 6.07) is 76.7. The number of hydrogen-bond donors (Lipinski definition) is 0.